The molecule has 0 fully saturated rings. The highest BCUT2D eigenvalue weighted by atomic mass is 35.5. The van der Waals surface area contributed by atoms with Gasteiger partial charge in [0.2, 0.25) is 0 Å². The average Bonchev–Trinajstić information content (AvgIpc) is 2.52. The summed E-state index contributed by atoms with van der Waals surface area (Å²) in [6, 6.07) is 2.52. The number of nitro benzene ring substituents is 1. The molecule has 0 amide bonds. The highest BCUT2D eigenvalue weighted by Gasteiger charge is 2.36. The van der Waals surface area contributed by atoms with Crippen molar-refractivity contribution < 1.29 is 39.7 Å². The van der Waals surface area contributed by atoms with Gasteiger partial charge in [-0.1, -0.05) is 11.6 Å². The van der Waals surface area contributed by atoms with E-state index in [2.05, 4.69) is 0 Å². The molecule has 0 unspecified atom stereocenters. The fourth-order valence-corrected chi connectivity index (χ4v) is 3.36. The van der Waals surface area contributed by atoms with Gasteiger partial charge in [0, 0.05) is 6.07 Å². The Kier molecular flexibility index (Phi) is 5.54. The summed E-state index contributed by atoms with van der Waals surface area (Å²) in [6.07, 6.45) is -9.91. The van der Waals surface area contributed by atoms with E-state index in [9.17, 15) is 44.9 Å². The maximum atomic E-state index is 12.9. The molecule has 2 aromatic rings. The number of nitro groups is 1. The van der Waals surface area contributed by atoms with Crippen LogP contribution in [-0.4, -0.2) is 13.3 Å². The van der Waals surface area contributed by atoms with Gasteiger partial charge in [-0.25, -0.2) is 8.42 Å². The van der Waals surface area contributed by atoms with Crippen LogP contribution in [0.5, 0.6) is 0 Å². The summed E-state index contributed by atoms with van der Waals surface area (Å²) in [5, 5.41) is 10.2. The minimum Gasteiger partial charge on any atom is -0.273 e. The predicted octanol–water partition coefficient (Wildman–Crippen LogP) is 5.09. The van der Waals surface area contributed by atoms with Crippen molar-refractivity contribution in [1.82, 2.24) is 0 Å². The predicted molar refractivity (Wildman–Crippen MR) is 85.4 cm³/mol. The number of anilines is 1. The van der Waals surface area contributed by atoms with Gasteiger partial charge in [-0.2, -0.15) is 26.3 Å². The maximum Gasteiger partial charge on any atom is 0.417 e. The molecule has 0 heterocycles. The zero-order valence-corrected chi connectivity index (χ0v) is 14.7. The lowest BCUT2D eigenvalue weighted by Crippen LogP contribution is -2.16. The van der Waals surface area contributed by atoms with Crippen molar-refractivity contribution in [2.24, 2.45) is 0 Å². The molecule has 0 saturated heterocycles. The third kappa shape index (κ3) is 4.65. The molecule has 2 rings (SSSR count). The van der Waals surface area contributed by atoms with Crippen LogP contribution in [0, 0.1) is 10.1 Å². The molecule has 2 aromatic carbocycles. The summed E-state index contributed by atoms with van der Waals surface area (Å²) in [4.78, 5) is 8.78. The fraction of sp³-hybridized carbons (Fsp3) is 0.143. The molecule has 0 aliphatic carbocycles. The van der Waals surface area contributed by atoms with Gasteiger partial charge >= 0.3 is 12.4 Å². The van der Waals surface area contributed by atoms with Gasteiger partial charge in [0.05, 0.1) is 26.0 Å². The van der Waals surface area contributed by atoms with Crippen LogP contribution in [0.1, 0.15) is 11.1 Å². The second kappa shape index (κ2) is 7.13. The molecule has 152 valence electrons. The van der Waals surface area contributed by atoms with Gasteiger partial charge < -0.3 is 0 Å². The highest BCUT2D eigenvalue weighted by molar-refractivity contribution is 7.92. The third-order valence-corrected chi connectivity index (χ3v) is 5.01. The van der Waals surface area contributed by atoms with Crippen molar-refractivity contribution in [2.75, 3.05) is 4.72 Å². The van der Waals surface area contributed by atoms with Crippen molar-refractivity contribution in [1.29, 1.82) is 0 Å². The molecule has 0 aliphatic heterocycles. The largest absolute Gasteiger partial charge is 0.417 e. The van der Waals surface area contributed by atoms with Crippen LogP contribution in [0.2, 0.25) is 5.02 Å². The van der Waals surface area contributed by atoms with Crippen molar-refractivity contribution in [2.45, 2.75) is 17.2 Å². The van der Waals surface area contributed by atoms with Gasteiger partial charge in [-0.15, -0.1) is 0 Å². The highest BCUT2D eigenvalue weighted by Crippen LogP contribution is 2.38. The number of hydrogen-bond acceptors (Lipinski definition) is 4. The summed E-state index contributed by atoms with van der Waals surface area (Å²) in [7, 11) is -4.81. The second-order valence-corrected chi connectivity index (χ2v) is 7.32. The monoisotopic (exact) mass is 448 g/mol. The first kappa shape index (κ1) is 21.8. The van der Waals surface area contributed by atoms with Gasteiger partial charge in [0.1, 0.15) is 5.69 Å². The van der Waals surface area contributed by atoms with E-state index in [1.807, 2.05) is 0 Å². The van der Waals surface area contributed by atoms with Crippen molar-refractivity contribution in [3.8, 4) is 0 Å². The summed E-state index contributed by atoms with van der Waals surface area (Å²) >= 11 is 5.39. The molecule has 0 aromatic heterocycles. The fourth-order valence-electron chi connectivity index (χ4n) is 2.04. The molecule has 0 aliphatic rings. The van der Waals surface area contributed by atoms with E-state index < -0.39 is 59.7 Å². The number of benzene rings is 2. The molecule has 0 saturated carbocycles. The molecule has 28 heavy (non-hydrogen) atoms. The standard InChI is InChI=1S/C14H7ClF6N2O4S/c15-10-3-2-8(6-9(10)14(19,20)21)28(26,27)22-11-4-1-7(13(16,17)18)5-12(11)23(24)25/h1-6,22H. The summed E-state index contributed by atoms with van der Waals surface area (Å²) in [5.41, 5.74) is -4.98. The Labute approximate surface area is 157 Å². The molecule has 6 nitrogen and oxygen atoms in total. The van der Waals surface area contributed by atoms with Crippen LogP contribution in [-0.2, 0) is 22.4 Å². The Morgan fingerprint density at radius 1 is 0.964 bits per heavy atom. The number of halogens is 7. The number of alkyl halides is 6. The lowest BCUT2D eigenvalue weighted by atomic mass is 10.1. The van der Waals surface area contributed by atoms with Crippen molar-refractivity contribution >= 4 is 33.0 Å². The quantitative estimate of drug-likeness (QED) is 0.401. The SMILES string of the molecule is O=[N+]([O-])c1cc(C(F)(F)F)ccc1NS(=O)(=O)c1ccc(Cl)c(C(F)(F)F)c1. The Hall–Kier alpha value is -2.54. The number of nitrogens with zero attached hydrogens (tertiary/aromatic N) is 1. The van der Waals surface area contributed by atoms with E-state index in [4.69, 9.17) is 11.6 Å². The Morgan fingerprint density at radius 3 is 2.07 bits per heavy atom. The average molecular weight is 449 g/mol. The molecule has 0 bridgehead atoms. The second-order valence-electron chi connectivity index (χ2n) is 5.23. The van der Waals surface area contributed by atoms with Gasteiger partial charge in [-0.3, -0.25) is 14.8 Å². The molecular weight excluding hydrogens is 442 g/mol. The number of hydrogen-bond donors (Lipinski definition) is 1. The molecular formula is C14H7ClF6N2O4S. The van der Waals surface area contributed by atoms with E-state index in [1.165, 1.54) is 0 Å². The minimum absolute atomic E-state index is 0.0981. The topological polar surface area (TPSA) is 89.3 Å². The van der Waals surface area contributed by atoms with Crippen molar-refractivity contribution in [3.63, 3.8) is 0 Å². The van der Waals surface area contributed by atoms with Gasteiger partial charge in [-0.05, 0) is 30.3 Å². The van der Waals surface area contributed by atoms with E-state index in [0.717, 1.165) is 0 Å². The van der Waals surface area contributed by atoms with Crippen molar-refractivity contribution in [3.05, 3.63) is 62.7 Å². The lowest BCUT2D eigenvalue weighted by molar-refractivity contribution is -0.384. The Balaban J connectivity index is 2.52. The first-order valence-electron chi connectivity index (χ1n) is 6.88. The Morgan fingerprint density at radius 2 is 1.57 bits per heavy atom. The van der Waals surface area contributed by atoms with Gasteiger partial charge in [0.15, 0.2) is 0 Å². The van der Waals surface area contributed by atoms with Crippen LogP contribution in [0.3, 0.4) is 0 Å². The van der Waals surface area contributed by atoms with E-state index in [0.29, 0.717) is 24.3 Å². The van der Waals surface area contributed by atoms with E-state index in [-0.39, 0.29) is 12.1 Å². The van der Waals surface area contributed by atoms with Crippen LogP contribution in [0.15, 0.2) is 41.3 Å². The summed E-state index contributed by atoms with van der Waals surface area (Å²) < 4.78 is 103. The van der Waals surface area contributed by atoms with Crippen LogP contribution in [0.4, 0.5) is 37.7 Å². The van der Waals surface area contributed by atoms with Gasteiger partial charge in [0.25, 0.3) is 15.7 Å². The lowest BCUT2D eigenvalue weighted by Gasteiger charge is -2.13. The van der Waals surface area contributed by atoms with Crippen LogP contribution in [0.25, 0.3) is 0 Å². The number of nitrogens with one attached hydrogen (secondary N) is 1. The molecule has 1 N–H and O–H groups in total. The molecule has 0 atom stereocenters. The van der Waals surface area contributed by atoms with Crippen LogP contribution < -0.4 is 4.72 Å². The summed E-state index contributed by atoms with van der Waals surface area (Å²) in [6.45, 7) is 0. The zero-order valence-electron chi connectivity index (χ0n) is 13.1. The first-order valence-corrected chi connectivity index (χ1v) is 8.74. The normalized spacial score (nSPS) is 12.7. The summed E-state index contributed by atoms with van der Waals surface area (Å²) in [5.74, 6) is 0. The van der Waals surface area contributed by atoms with Crippen LogP contribution >= 0.6 is 11.6 Å². The Bertz CT molecular complexity index is 1040. The van der Waals surface area contributed by atoms with E-state index >= 15 is 0 Å². The third-order valence-electron chi connectivity index (χ3n) is 3.32. The van der Waals surface area contributed by atoms with E-state index in [1.54, 1.807) is 4.72 Å². The number of rotatable bonds is 4. The molecule has 14 heteroatoms. The first-order chi connectivity index (χ1) is 12.6. The molecule has 0 spiro atoms. The number of sulfonamides is 1. The minimum atomic E-state index is -4.98. The zero-order chi connectivity index (χ0) is 21.5. The smallest absolute Gasteiger partial charge is 0.273 e. The molecule has 0 radical (unpaired) electrons. The maximum absolute atomic E-state index is 12.9.